The van der Waals surface area contributed by atoms with Crippen molar-refractivity contribution in [2.75, 3.05) is 25.3 Å². The van der Waals surface area contributed by atoms with Crippen molar-refractivity contribution in [2.24, 2.45) is 0 Å². The predicted molar refractivity (Wildman–Crippen MR) is 110 cm³/mol. The highest BCUT2D eigenvalue weighted by Crippen LogP contribution is 2.35. The summed E-state index contributed by atoms with van der Waals surface area (Å²) in [4.78, 5) is 21.3. The predicted octanol–water partition coefficient (Wildman–Crippen LogP) is 1.84. The maximum atomic E-state index is 12.3. The Labute approximate surface area is 182 Å². The molecule has 10 nitrogen and oxygen atoms in total. The molecule has 4 atom stereocenters. The summed E-state index contributed by atoms with van der Waals surface area (Å²) in [5.74, 6) is 1.87. The number of nitrogens with one attached hydrogen (secondary N) is 2. The standard InChI is InChI=1S/C22H20N4O6/c27-21(17-2-1-7-28-17)24-14-9-29-20-15(10-30-19(14)20)26-22-23-6-5-13(25-22)12-3-4-16-18(8-12)32-11-31-16/h1-8,14-15,19-20H,9-11H2,(H,24,27)(H,23,25,26)/t14-,15-,19+,20+/m0/s1. The fraction of sp³-hybridized carbons (Fsp3) is 0.318. The maximum Gasteiger partial charge on any atom is 0.287 e. The second-order valence-corrected chi connectivity index (χ2v) is 7.74. The number of furan rings is 1. The molecule has 2 saturated heterocycles. The van der Waals surface area contributed by atoms with Crippen molar-refractivity contribution in [2.45, 2.75) is 24.3 Å². The number of carbonyl (C=O) groups excluding carboxylic acids is 1. The fourth-order valence-electron chi connectivity index (χ4n) is 4.20. The first-order valence-corrected chi connectivity index (χ1v) is 10.3. The number of ether oxygens (including phenoxy) is 4. The third-order valence-electron chi connectivity index (χ3n) is 5.75. The number of aromatic nitrogens is 2. The Morgan fingerprint density at radius 2 is 1.84 bits per heavy atom. The molecule has 0 aliphatic carbocycles. The first kappa shape index (κ1) is 19.1. The van der Waals surface area contributed by atoms with Crippen LogP contribution in [-0.2, 0) is 9.47 Å². The fourth-order valence-corrected chi connectivity index (χ4v) is 4.20. The van der Waals surface area contributed by atoms with Crippen LogP contribution in [0.3, 0.4) is 0 Å². The van der Waals surface area contributed by atoms with Crippen LogP contribution in [0.15, 0.2) is 53.3 Å². The molecule has 0 radical (unpaired) electrons. The van der Waals surface area contributed by atoms with E-state index in [2.05, 4.69) is 20.6 Å². The quantitative estimate of drug-likeness (QED) is 0.618. The number of anilines is 1. The Hall–Kier alpha value is -3.63. The summed E-state index contributed by atoms with van der Waals surface area (Å²) < 4.78 is 27.9. The maximum absolute atomic E-state index is 12.3. The van der Waals surface area contributed by atoms with Gasteiger partial charge in [0.25, 0.3) is 5.91 Å². The summed E-state index contributed by atoms with van der Waals surface area (Å²) >= 11 is 0. The third-order valence-corrected chi connectivity index (χ3v) is 5.75. The number of amides is 1. The molecule has 6 rings (SSSR count). The van der Waals surface area contributed by atoms with Crippen LogP contribution >= 0.6 is 0 Å². The molecule has 1 aromatic carbocycles. The minimum absolute atomic E-state index is 0.141. The monoisotopic (exact) mass is 436 g/mol. The second-order valence-electron chi connectivity index (χ2n) is 7.74. The molecule has 0 bridgehead atoms. The topological polar surface area (TPSA) is 117 Å². The van der Waals surface area contributed by atoms with Gasteiger partial charge in [-0.15, -0.1) is 0 Å². The molecule has 0 saturated carbocycles. The Bertz CT molecular complexity index is 1140. The van der Waals surface area contributed by atoms with Gasteiger partial charge in [-0.1, -0.05) is 0 Å². The van der Waals surface area contributed by atoms with Crippen LogP contribution in [0.2, 0.25) is 0 Å². The molecule has 32 heavy (non-hydrogen) atoms. The average molecular weight is 436 g/mol. The van der Waals surface area contributed by atoms with Gasteiger partial charge in [-0.2, -0.15) is 0 Å². The molecule has 10 heteroatoms. The Morgan fingerprint density at radius 3 is 2.72 bits per heavy atom. The van der Waals surface area contributed by atoms with E-state index in [9.17, 15) is 4.79 Å². The lowest BCUT2D eigenvalue weighted by Crippen LogP contribution is -2.44. The number of hydrogen-bond donors (Lipinski definition) is 2. The molecule has 0 unspecified atom stereocenters. The highest BCUT2D eigenvalue weighted by Gasteiger charge is 2.48. The van der Waals surface area contributed by atoms with Gasteiger partial charge in [-0.3, -0.25) is 4.79 Å². The smallest absolute Gasteiger partial charge is 0.287 e. The molecule has 164 valence electrons. The van der Waals surface area contributed by atoms with Crippen molar-refractivity contribution < 1.29 is 28.2 Å². The van der Waals surface area contributed by atoms with E-state index in [1.54, 1.807) is 18.3 Å². The molecule has 3 aromatic rings. The highest BCUT2D eigenvalue weighted by atomic mass is 16.7. The van der Waals surface area contributed by atoms with Crippen molar-refractivity contribution in [3.05, 3.63) is 54.6 Å². The summed E-state index contributed by atoms with van der Waals surface area (Å²) in [6.45, 7) is 1.00. The van der Waals surface area contributed by atoms with Gasteiger partial charge in [0.2, 0.25) is 12.7 Å². The summed E-state index contributed by atoms with van der Waals surface area (Å²) in [5.41, 5.74) is 1.66. The van der Waals surface area contributed by atoms with E-state index in [4.69, 9.17) is 23.4 Å². The second kappa shape index (κ2) is 7.81. The van der Waals surface area contributed by atoms with Crippen LogP contribution < -0.4 is 20.1 Å². The van der Waals surface area contributed by atoms with Gasteiger partial charge in [0, 0.05) is 11.8 Å². The van der Waals surface area contributed by atoms with Crippen LogP contribution in [0.5, 0.6) is 11.5 Å². The normalized spacial score (nSPS) is 25.5. The van der Waals surface area contributed by atoms with E-state index in [0.717, 1.165) is 17.0 Å². The summed E-state index contributed by atoms with van der Waals surface area (Å²) in [7, 11) is 0. The Balaban J connectivity index is 1.13. The van der Waals surface area contributed by atoms with Crippen LogP contribution in [0.1, 0.15) is 10.6 Å². The number of benzene rings is 1. The third kappa shape index (κ3) is 3.43. The van der Waals surface area contributed by atoms with Crippen molar-refractivity contribution in [1.82, 2.24) is 15.3 Å². The van der Waals surface area contributed by atoms with E-state index < -0.39 is 0 Å². The molecule has 2 fully saturated rings. The van der Waals surface area contributed by atoms with Crippen molar-refractivity contribution >= 4 is 11.9 Å². The molecule has 1 amide bonds. The number of hydrogen-bond acceptors (Lipinski definition) is 9. The van der Waals surface area contributed by atoms with Gasteiger partial charge < -0.3 is 34.0 Å². The Morgan fingerprint density at radius 1 is 1.00 bits per heavy atom. The van der Waals surface area contributed by atoms with Crippen molar-refractivity contribution in [1.29, 1.82) is 0 Å². The van der Waals surface area contributed by atoms with Gasteiger partial charge in [-0.25, -0.2) is 9.97 Å². The summed E-state index contributed by atoms with van der Waals surface area (Å²) in [6.07, 6.45) is 2.68. The zero-order chi connectivity index (χ0) is 21.5. The molecule has 2 N–H and O–H groups in total. The molecule has 2 aromatic heterocycles. The number of nitrogens with zero attached hydrogens (tertiary/aromatic N) is 2. The van der Waals surface area contributed by atoms with E-state index in [1.807, 2.05) is 24.3 Å². The Kier molecular flexibility index (Phi) is 4.66. The molecule has 0 spiro atoms. The van der Waals surface area contributed by atoms with E-state index in [1.165, 1.54) is 6.26 Å². The minimum Gasteiger partial charge on any atom is -0.459 e. The number of fused-ring (bicyclic) bond motifs is 2. The average Bonchev–Trinajstić information content (AvgIpc) is 3.60. The molecular weight excluding hydrogens is 416 g/mol. The summed E-state index contributed by atoms with van der Waals surface area (Å²) in [5, 5.41) is 6.24. The number of carbonyl (C=O) groups is 1. The van der Waals surface area contributed by atoms with Gasteiger partial charge in [0.15, 0.2) is 17.3 Å². The lowest BCUT2D eigenvalue weighted by Gasteiger charge is -2.18. The zero-order valence-electron chi connectivity index (χ0n) is 16.9. The van der Waals surface area contributed by atoms with E-state index in [-0.39, 0.29) is 42.8 Å². The zero-order valence-corrected chi connectivity index (χ0v) is 16.9. The molecule has 3 aliphatic rings. The first-order valence-electron chi connectivity index (χ1n) is 10.3. The molecule has 3 aliphatic heterocycles. The number of rotatable bonds is 5. The van der Waals surface area contributed by atoms with Crippen LogP contribution in [0.25, 0.3) is 11.3 Å². The lowest BCUT2D eigenvalue weighted by atomic mass is 10.1. The van der Waals surface area contributed by atoms with Crippen LogP contribution in [0.4, 0.5) is 5.95 Å². The SMILES string of the molecule is O=C(N[C@H]1CO[C@H]2[C@@H]1OC[C@@H]2Nc1nccc(-c2ccc3c(c2)OCO3)n1)c1ccco1. The van der Waals surface area contributed by atoms with Gasteiger partial charge in [-0.05, 0) is 36.4 Å². The highest BCUT2D eigenvalue weighted by molar-refractivity contribution is 5.91. The van der Waals surface area contributed by atoms with Crippen LogP contribution in [0, 0.1) is 0 Å². The van der Waals surface area contributed by atoms with Gasteiger partial charge in [0.05, 0.1) is 37.3 Å². The van der Waals surface area contributed by atoms with Crippen molar-refractivity contribution in [3.8, 4) is 22.8 Å². The molecular formula is C22H20N4O6. The summed E-state index contributed by atoms with van der Waals surface area (Å²) in [6, 6.07) is 10.4. The van der Waals surface area contributed by atoms with Crippen LogP contribution in [-0.4, -0.2) is 60.2 Å². The van der Waals surface area contributed by atoms with Crippen molar-refractivity contribution in [3.63, 3.8) is 0 Å². The van der Waals surface area contributed by atoms with E-state index >= 15 is 0 Å². The van der Waals surface area contributed by atoms with E-state index in [0.29, 0.717) is 24.9 Å². The minimum atomic E-state index is -0.288. The first-order chi connectivity index (χ1) is 15.7. The lowest BCUT2D eigenvalue weighted by molar-refractivity contribution is 0.0646. The van der Waals surface area contributed by atoms with Gasteiger partial charge in [0.1, 0.15) is 12.2 Å². The largest absolute Gasteiger partial charge is 0.459 e. The van der Waals surface area contributed by atoms with Gasteiger partial charge >= 0.3 is 0 Å². The molecule has 5 heterocycles.